The highest BCUT2D eigenvalue weighted by molar-refractivity contribution is 5.95. The van der Waals surface area contributed by atoms with Gasteiger partial charge in [-0.2, -0.15) is 0 Å². The van der Waals surface area contributed by atoms with Crippen molar-refractivity contribution >= 4 is 27.2 Å². The van der Waals surface area contributed by atoms with Crippen molar-refractivity contribution in [1.82, 2.24) is 19.6 Å². The molecule has 0 bridgehead atoms. The fourth-order valence-electron chi connectivity index (χ4n) is 6.00. The lowest BCUT2D eigenvalue weighted by atomic mass is 9.81. The van der Waals surface area contributed by atoms with Crippen molar-refractivity contribution in [3.8, 4) is 34.5 Å². The largest absolute Gasteiger partial charge is 0.493 e. The third kappa shape index (κ3) is 3.55. The van der Waals surface area contributed by atoms with E-state index in [4.69, 9.17) is 29.3 Å². The van der Waals surface area contributed by atoms with Gasteiger partial charge in [-0.3, -0.25) is 0 Å². The third-order valence-corrected chi connectivity index (χ3v) is 7.87. The van der Waals surface area contributed by atoms with Crippen molar-refractivity contribution in [3.63, 3.8) is 0 Å². The number of methoxy groups -OCH3 is 2. The summed E-state index contributed by atoms with van der Waals surface area (Å²) in [6.07, 6.45) is 1.67. The molecule has 2 aromatic heterocycles. The highest BCUT2D eigenvalue weighted by Gasteiger charge is 2.35. The van der Waals surface area contributed by atoms with E-state index < -0.39 is 0 Å². The molecule has 5 aromatic carbocycles. The molecule has 0 spiro atoms. The highest BCUT2D eigenvalue weighted by atomic mass is 16.5. The van der Waals surface area contributed by atoms with Crippen LogP contribution in [0, 0.1) is 0 Å². The summed E-state index contributed by atoms with van der Waals surface area (Å²) in [6.45, 7) is 0. The summed E-state index contributed by atoms with van der Waals surface area (Å²) in [6, 6.07) is 32.9. The SMILES string of the molecule is COc1ccc(C2c3c(ccc4ccccc34)Oc3ncn4nc(-c5cccc6ccccc56)nc4c32)cc1OC. The summed E-state index contributed by atoms with van der Waals surface area (Å²) in [5.41, 5.74) is 4.56. The molecule has 0 saturated carbocycles. The number of hydrogen-bond acceptors (Lipinski definition) is 6. The molecular weight excluding hydrogens is 512 g/mol. The molecule has 1 unspecified atom stereocenters. The molecule has 0 amide bonds. The number of fused-ring (bicyclic) bond motifs is 7. The Morgan fingerprint density at radius 1 is 0.732 bits per heavy atom. The molecule has 0 fully saturated rings. The maximum Gasteiger partial charge on any atom is 0.228 e. The lowest BCUT2D eigenvalue weighted by molar-refractivity contribution is 0.354. The van der Waals surface area contributed by atoms with E-state index in [9.17, 15) is 0 Å². The predicted molar refractivity (Wildman–Crippen MR) is 158 cm³/mol. The summed E-state index contributed by atoms with van der Waals surface area (Å²) < 4.78 is 19.5. The van der Waals surface area contributed by atoms with E-state index in [1.165, 1.54) is 0 Å². The Balaban J connectivity index is 1.43. The van der Waals surface area contributed by atoms with Gasteiger partial charge in [0, 0.05) is 17.0 Å². The Bertz CT molecular complexity index is 2130. The van der Waals surface area contributed by atoms with Crippen LogP contribution >= 0.6 is 0 Å². The van der Waals surface area contributed by atoms with E-state index in [-0.39, 0.29) is 5.92 Å². The smallest absolute Gasteiger partial charge is 0.228 e. The minimum Gasteiger partial charge on any atom is -0.493 e. The van der Waals surface area contributed by atoms with Gasteiger partial charge in [0.15, 0.2) is 23.0 Å². The molecule has 7 heteroatoms. The van der Waals surface area contributed by atoms with E-state index in [2.05, 4.69) is 54.6 Å². The average Bonchev–Trinajstić information content (AvgIpc) is 3.47. The lowest BCUT2D eigenvalue weighted by Gasteiger charge is -2.29. The Kier molecular flexibility index (Phi) is 5.18. The van der Waals surface area contributed by atoms with Gasteiger partial charge >= 0.3 is 0 Å². The molecule has 0 saturated heterocycles. The third-order valence-electron chi connectivity index (χ3n) is 7.87. The summed E-state index contributed by atoms with van der Waals surface area (Å²) in [5, 5.41) is 9.35. The molecule has 7 nitrogen and oxygen atoms in total. The molecule has 1 atom stereocenters. The van der Waals surface area contributed by atoms with Crippen molar-refractivity contribution in [3.05, 3.63) is 120 Å². The van der Waals surface area contributed by atoms with Crippen molar-refractivity contribution in [2.24, 2.45) is 0 Å². The summed E-state index contributed by atoms with van der Waals surface area (Å²) in [5.74, 6) is 2.97. The molecule has 0 aliphatic carbocycles. The van der Waals surface area contributed by atoms with Gasteiger partial charge < -0.3 is 14.2 Å². The first-order valence-electron chi connectivity index (χ1n) is 13.4. The van der Waals surface area contributed by atoms with Gasteiger partial charge in [0.1, 0.15) is 12.1 Å². The van der Waals surface area contributed by atoms with Gasteiger partial charge in [-0.25, -0.2) is 14.5 Å². The van der Waals surface area contributed by atoms with Crippen LogP contribution in [0.15, 0.2) is 103 Å². The van der Waals surface area contributed by atoms with Crippen molar-refractivity contribution in [2.45, 2.75) is 5.92 Å². The number of nitrogens with zero attached hydrogens (tertiary/aromatic N) is 4. The Morgan fingerprint density at radius 2 is 1.49 bits per heavy atom. The maximum atomic E-state index is 6.48. The van der Waals surface area contributed by atoms with Crippen LogP contribution in [0.25, 0.3) is 38.6 Å². The normalized spacial score (nSPS) is 14.0. The molecule has 7 aromatic rings. The predicted octanol–water partition coefficient (Wildman–Crippen LogP) is 7.40. The van der Waals surface area contributed by atoms with Crippen LogP contribution in [-0.4, -0.2) is 33.8 Å². The number of aromatic nitrogens is 4. The molecule has 0 radical (unpaired) electrons. The zero-order chi connectivity index (χ0) is 27.5. The Labute approximate surface area is 235 Å². The van der Waals surface area contributed by atoms with Crippen LogP contribution in [0.1, 0.15) is 22.6 Å². The van der Waals surface area contributed by atoms with E-state index in [0.717, 1.165) is 49.5 Å². The minimum absolute atomic E-state index is 0.250. The first-order valence-corrected chi connectivity index (χ1v) is 13.4. The van der Waals surface area contributed by atoms with Crippen LogP contribution in [0.2, 0.25) is 0 Å². The average molecular weight is 537 g/mol. The second-order valence-electron chi connectivity index (χ2n) is 10.0. The molecule has 41 heavy (non-hydrogen) atoms. The first kappa shape index (κ1) is 23.5. The molecular formula is C34H24N4O3. The van der Waals surface area contributed by atoms with E-state index in [1.807, 2.05) is 42.5 Å². The van der Waals surface area contributed by atoms with E-state index >= 15 is 0 Å². The molecule has 8 rings (SSSR count). The van der Waals surface area contributed by atoms with E-state index in [1.54, 1.807) is 25.1 Å². The van der Waals surface area contributed by atoms with Gasteiger partial charge in [0.05, 0.1) is 19.8 Å². The van der Waals surface area contributed by atoms with Gasteiger partial charge in [-0.1, -0.05) is 78.9 Å². The molecule has 198 valence electrons. The topological polar surface area (TPSA) is 70.8 Å². The number of benzene rings is 5. The Morgan fingerprint density at radius 3 is 2.32 bits per heavy atom. The number of ether oxygens (including phenoxy) is 3. The molecule has 0 N–H and O–H groups in total. The number of rotatable bonds is 4. The van der Waals surface area contributed by atoms with Crippen LogP contribution in [-0.2, 0) is 0 Å². The molecule has 1 aliphatic rings. The lowest BCUT2D eigenvalue weighted by Crippen LogP contribution is -2.15. The summed E-state index contributed by atoms with van der Waals surface area (Å²) in [4.78, 5) is 9.86. The minimum atomic E-state index is -0.250. The second kappa shape index (κ2) is 9.06. The van der Waals surface area contributed by atoms with Crippen LogP contribution in [0.5, 0.6) is 23.1 Å². The quantitative estimate of drug-likeness (QED) is 0.233. The number of hydrogen-bond donors (Lipinski definition) is 0. The highest BCUT2D eigenvalue weighted by Crippen LogP contribution is 2.51. The summed E-state index contributed by atoms with van der Waals surface area (Å²) >= 11 is 0. The zero-order valence-corrected chi connectivity index (χ0v) is 22.4. The van der Waals surface area contributed by atoms with Crippen LogP contribution < -0.4 is 14.2 Å². The molecule has 3 heterocycles. The van der Waals surface area contributed by atoms with Gasteiger partial charge in [0.2, 0.25) is 5.88 Å². The van der Waals surface area contributed by atoms with Crippen molar-refractivity contribution in [1.29, 1.82) is 0 Å². The first-order chi connectivity index (χ1) is 20.2. The van der Waals surface area contributed by atoms with Crippen LogP contribution in [0.4, 0.5) is 0 Å². The maximum absolute atomic E-state index is 6.48. The van der Waals surface area contributed by atoms with Gasteiger partial charge in [-0.15, -0.1) is 5.10 Å². The Hall–Kier alpha value is -5.43. The monoisotopic (exact) mass is 536 g/mol. The fraction of sp³-hybridized carbons (Fsp3) is 0.0882. The van der Waals surface area contributed by atoms with Gasteiger partial charge in [0.25, 0.3) is 0 Å². The van der Waals surface area contributed by atoms with E-state index in [0.29, 0.717) is 28.9 Å². The van der Waals surface area contributed by atoms with Crippen molar-refractivity contribution in [2.75, 3.05) is 14.2 Å². The zero-order valence-electron chi connectivity index (χ0n) is 22.4. The van der Waals surface area contributed by atoms with Gasteiger partial charge in [-0.05, 0) is 45.3 Å². The fourth-order valence-corrected chi connectivity index (χ4v) is 6.00. The van der Waals surface area contributed by atoms with Crippen LogP contribution in [0.3, 0.4) is 0 Å². The standard InChI is InChI=1S/C34H24N4O3/c1-39-26-16-15-22(18-28(26)40-2)29-30-24-12-6-4-9-21(24)14-17-27(30)41-34-31(29)33-36-32(37-38(33)19-35-34)25-13-7-10-20-8-3-5-11-23(20)25/h3-19,29H,1-2H3. The van der Waals surface area contributed by atoms with Crippen molar-refractivity contribution < 1.29 is 14.2 Å². The summed E-state index contributed by atoms with van der Waals surface area (Å²) in [7, 11) is 3.29. The second-order valence-corrected chi connectivity index (χ2v) is 10.0. The molecule has 1 aliphatic heterocycles.